The van der Waals surface area contributed by atoms with Crippen molar-refractivity contribution >= 4 is 22.2 Å². The minimum absolute atomic E-state index is 0.920. The third kappa shape index (κ3) is 2.12. The number of aryl methyl sites for hydroxylation is 1. The molecule has 22 heavy (non-hydrogen) atoms. The van der Waals surface area contributed by atoms with Crippen LogP contribution in [0.3, 0.4) is 0 Å². The van der Waals surface area contributed by atoms with Crippen molar-refractivity contribution in [3.63, 3.8) is 0 Å². The Labute approximate surface area is 132 Å². The van der Waals surface area contributed by atoms with Crippen LogP contribution in [-0.4, -0.2) is 15.2 Å². The van der Waals surface area contributed by atoms with Gasteiger partial charge in [0.25, 0.3) is 0 Å². The SMILES string of the molecule is CCc1nc(-c2n[nH]c3ccccc23)sc1-c1ccccc1. The molecule has 0 aliphatic carbocycles. The van der Waals surface area contributed by atoms with Crippen LogP contribution in [0.2, 0.25) is 0 Å². The minimum atomic E-state index is 0.920. The molecule has 2 aromatic heterocycles. The number of aromatic amines is 1. The molecule has 0 bridgehead atoms. The van der Waals surface area contributed by atoms with E-state index >= 15 is 0 Å². The number of para-hydroxylation sites is 1. The summed E-state index contributed by atoms with van der Waals surface area (Å²) in [7, 11) is 0. The summed E-state index contributed by atoms with van der Waals surface area (Å²) < 4.78 is 0. The van der Waals surface area contributed by atoms with E-state index < -0.39 is 0 Å². The van der Waals surface area contributed by atoms with E-state index in [-0.39, 0.29) is 0 Å². The lowest BCUT2D eigenvalue weighted by molar-refractivity contribution is 1.06. The largest absolute Gasteiger partial charge is 0.277 e. The smallest absolute Gasteiger partial charge is 0.145 e. The zero-order chi connectivity index (χ0) is 14.9. The second-order valence-corrected chi connectivity index (χ2v) is 6.13. The maximum Gasteiger partial charge on any atom is 0.145 e. The molecule has 0 amide bonds. The molecule has 1 N–H and O–H groups in total. The van der Waals surface area contributed by atoms with Gasteiger partial charge in [-0.25, -0.2) is 4.98 Å². The first kappa shape index (κ1) is 13.2. The summed E-state index contributed by atoms with van der Waals surface area (Å²) >= 11 is 1.72. The lowest BCUT2D eigenvalue weighted by Gasteiger charge is -1.98. The van der Waals surface area contributed by atoms with Crippen molar-refractivity contribution < 1.29 is 0 Å². The third-order valence-corrected chi connectivity index (χ3v) is 4.89. The van der Waals surface area contributed by atoms with Crippen molar-refractivity contribution in [3.05, 3.63) is 60.3 Å². The van der Waals surface area contributed by atoms with E-state index in [4.69, 9.17) is 4.98 Å². The number of nitrogens with one attached hydrogen (secondary N) is 1. The number of rotatable bonds is 3. The Balaban J connectivity index is 1.89. The number of hydrogen-bond acceptors (Lipinski definition) is 3. The van der Waals surface area contributed by atoms with Gasteiger partial charge in [0.2, 0.25) is 0 Å². The molecule has 108 valence electrons. The average Bonchev–Trinajstić information content (AvgIpc) is 3.19. The summed E-state index contributed by atoms with van der Waals surface area (Å²) in [5, 5.41) is 9.66. The fourth-order valence-corrected chi connectivity index (χ4v) is 3.80. The fourth-order valence-electron chi connectivity index (χ4n) is 2.63. The lowest BCUT2D eigenvalue weighted by atomic mass is 10.1. The highest BCUT2D eigenvalue weighted by atomic mass is 32.1. The number of H-pyrrole nitrogens is 1. The van der Waals surface area contributed by atoms with Crippen LogP contribution in [0.15, 0.2) is 54.6 Å². The van der Waals surface area contributed by atoms with Gasteiger partial charge in [-0.1, -0.05) is 55.5 Å². The normalized spacial score (nSPS) is 11.1. The highest BCUT2D eigenvalue weighted by Gasteiger charge is 2.16. The molecule has 0 saturated carbocycles. The van der Waals surface area contributed by atoms with Crippen LogP contribution in [0.1, 0.15) is 12.6 Å². The Hall–Kier alpha value is -2.46. The van der Waals surface area contributed by atoms with E-state index in [1.165, 1.54) is 10.4 Å². The van der Waals surface area contributed by atoms with Gasteiger partial charge in [-0.05, 0) is 18.1 Å². The Kier molecular flexibility index (Phi) is 3.24. The van der Waals surface area contributed by atoms with Gasteiger partial charge in [-0.3, -0.25) is 5.10 Å². The molecule has 0 saturated heterocycles. The quantitative estimate of drug-likeness (QED) is 0.584. The van der Waals surface area contributed by atoms with E-state index in [1.807, 2.05) is 24.3 Å². The minimum Gasteiger partial charge on any atom is -0.277 e. The maximum absolute atomic E-state index is 4.83. The molecule has 2 heterocycles. The van der Waals surface area contributed by atoms with Gasteiger partial charge < -0.3 is 0 Å². The summed E-state index contributed by atoms with van der Waals surface area (Å²) in [6.45, 7) is 2.15. The molecule has 3 nitrogen and oxygen atoms in total. The Morgan fingerprint density at radius 1 is 1.00 bits per heavy atom. The van der Waals surface area contributed by atoms with Gasteiger partial charge in [0.15, 0.2) is 0 Å². The first-order valence-electron chi connectivity index (χ1n) is 7.35. The second kappa shape index (κ2) is 5.39. The lowest BCUT2D eigenvalue weighted by Crippen LogP contribution is -1.84. The number of nitrogens with zero attached hydrogens (tertiary/aromatic N) is 2. The summed E-state index contributed by atoms with van der Waals surface area (Å²) in [6, 6.07) is 18.6. The fraction of sp³-hybridized carbons (Fsp3) is 0.111. The predicted molar refractivity (Wildman–Crippen MR) is 92.0 cm³/mol. The van der Waals surface area contributed by atoms with E-state index in [0.29, 0.717) is 0 Å². The standard InChI is InChI=1S/C18H15N3S/c1-2-14-17(12-8-4-3-5-9-12)22-18(19-14)16-13-10-6-7-11-15(13)20-21-16/h3-11H,2H2,1H3,(H,20,21). The highest BCUT2D eigenvalue weighted by Crippen LogP contribution is 2.37. The molecule has 0 unspecified atom stereocenters. The number of aromatic nitrogens is 3. The molecule has 0 fully saturated rings. The number of benzene rings is 2. The molecule has 4 rings (SSSR count). The molecule has 4 heteroatoms. The van der Waals surface area contributed by atoms with Crippen molar-refractivity contribution in [2.45, 2.75) is 13.3 Å². The average molecular weight is 305 g/mol. The predicted octanol–water partition coefficient (Wildman–Crippen LogP) is 4.92. The first-order valence-corrected chi connectivity index (χ1v) is 8.17. The van der Waals surface area contributed by atoms with Crippen LogP contribution in [0.5, 0.6) is 0 Å². The molecule has 0 radical (unpaired) electrons. The molecule has 2 aromatic carbocycles. The van der Waals surface area contributed by atoms with Crippen LogP contribution in [0.25, 0.3) is 32.0 Å². The van der Waals surface area contributed by atoms with Crippen LogP contribution >= 0.6 is 11.3 Å². The van der Waals surface area contributed by atoms with Gasteiger partial charge >= 0.3 is 0 Å². The summed E-state index contributed by atoms with van der Waals surface area (Å²) in [5.41, 5.74) is 4.35. The van der Waals surface area contributed by atoms with Crippen LogP contribution < -0.4 is 0 Å². The Morgan fingerprint density at radius 2 is 1.77 bits per heavy atom. The zero-order valence-corrected chi connectivity index (χ0v) is 13.0. The molecule has 0 aliphatic heterocycles. The van der Waals surface area contributed by atoms with Crippen molar-refractivity contribution in [3.8, 4) is 21.1 Å². The van der Waals surface area contributed by atoms with Crippen LogP contribution in [0.4, 0.5) is 0 Å². The molecule has 0 aliphatic rings. The van der Waals surface area contributed by atoms with E-state index in [2.05, 4.69) is 47.5 Å². The highest BCUT2D eigenvalue weighted by molar-refractivity contribution is 7.18. The molecular weight excluding hydrogens is 290 g/mol. The van der Waals surface area contributed by atoms with Gasteiger partial charge in [-0.2, -0.15) is 5.10 Å². The van der Waals surface area contributed by atoms with Crippen molar-refractivity contribution in [1.82, 2.24) is 15.2 Å². The Morgan fingerprint density at radius 3 is 2.59 bits per heavy atom. The van der Waals surface area contributed by atoms with Crippen LogP contribution in [-0.2, 0) is 6.42 Å². The first-order chi connectivity index (χ1) is 10.9. The number of thiazole rings is 1. The third-order valence-electron chi connectivity index (χ3n) is 3.74. The van der Waals surface area contributed by atoms with Gasteiger partial charge in [0.05, 0.1) is 16.1 Å². The second-order valence-electron chi connectivity index (χ2n) is 5.13. The van der Waals surface area contributed by atoms with E-state index in [0.717, 1.165) is 33.7 Å². The molecule has 0 atom stereocenters. The van der Waals surface area contributed by atoms with Crippen molar-refractivity contribution in [1.29, 1.82) is 0 Å². The zero-order valence-electron chi connectivity index (χ0n) is 12.2. The molecular formula is C18H15N3S. The summed E-state index contributed by atoms with van der Waals surface area (Å²) in [4.78, 5) is 6.07. The number of fused-ring (bicyclic) bond motifs is 1. The number of hydrogen-bond donors (Lipinski definition) is 1. The van der Waals surface area contributed by atoms with Crippen molar-refractivity contribution in [2.24, 2.45) is 0 Å². The van der Waals surface area contributed by atoms with E-state index in [1.54, 1.807) is 11.3 Å². The molecule has 0 spiro atoms. The monoisotopic (exact) mass is 305 g/mol. The van der Waals surface area contributed by atoms with Crippen molar-refractivity contribution in [2.75, 3.05) is 0 Å². The summed E-state index contributed by atoms with van der Waals surface area (Å²) in [5.74, 6) is 0. The van der Waals surface area contributed by atoms with Crippen LogP contribution in [0, 0.1) is 0 Å². The molecule has 4 aromatic rings. The van der Waals surface area contributed by atoms with Gasteiger partial charge in [-0.15, -0.1) is 11.3 Å². The topological polar surface area (TPSA) is 41.6 Å². The van der Waals surface area contributed by atoms with E-state index in [9.17, 15) is 0 Å². The van der Waals surface area contributed by atoms with Gasteiger partial charge in [0.1, 0.15) is 10.7 Å². The maximum atomic E-state index is 4.83. The van der Waals surface area contributed by atoms with Gasteiger partial charge in [0, 0.05) is 5.39 Å². The summed E-state index contributed by atoms with van der Waals surface area (Å²) in [6.07, 6.45) is 0.920. The Bertz CT molecular complexity index is 922.